The third kappa shape index (κ3) is 1.91. The zero-order valence-electron chi connectivity index (χ0n) is 9.82. The molecule has 17 heavy (non-hydrogen) atoms. The number of halogens is 1. The normalized spacial score (nSPS) is 29.6. The topological polar surface area (TPSA) is 21.3 Å². The number of hydrogen-bond donors (Lipinski definition) is 1. The van der Waals surface area contributed by atoms with Gasteiger partial charge < -0.3 is 10.1 Å². The largest absolute Gasteiger partial charge is 0.497 e. The summed E-state index contributed by atoms with van der Waals surface area (Å²) >= 11 is 6.19. The molecule has 1 saturated carbocycles. The number of allylic oxidation sites excluding steroid dienone is 1. The van der Waals surface area contributed by atoms with E-state index in [9.17, 15) is 0 Å². The molecule has 3 heteroatoms. The molecule has 2 aliphatic rings. The minimum atomic E-state index is 0.531. The Hall–Kier alpha value is -1.15. The van der Waals surface area contributed by atoms with E-state index in [4.69, 9.17) is 16.3 Å². The van der Waals surface area contributed by atoms with Crippen LogP contribution in [0.25, 0.3) is 0 Å². The van der Waals surface area contributed by atoms with Gasteiger partial charge in [-0.15, -0.1) is 0 Å². The Morgan fingerprint density at radius 2 is 2.29 bits per heavy atom. The summed E-state index contributed by atoms with van der Waals surface area (Å²) in [7, 11) is 1.67. The Balaban J connectivity index is 1.74. The van der Waals surface area contributed by atoms with Gasteiger partial charge in [0.1, 0.15) is 5.75 Å². The molecule has 90 valence electrons. The molecule has 0 heterocycles. The van der Waals surface area contributed by atoms with Crippen LogP contribution in [0.1, 0.15) is 12.8 Å². The van der Waals surface area contributed by atoms with E-state index in [1.54, 1.807) is 7.11 Å². The van der Waals surface area contributed by atoms with Gasteiger partial charge in [-0.05, 0) is 30.9 Å². The first-order valence-corrected chi connectivity index (χ1v) is 6.42. The van der Waals surface area contributed by atoms with Gasteiger partial charge >= 0.3 is 0 Å². The van der Waals surface area contributed by atoms with Crippen molar-refractivity contribution < 1.29 is 4.74 Å². The number of nitrogens with one attached hydrogen (secondary N) is 1. The van der Waals surface area contributed by atoms with Crippen LogP contribution in [-0.4, -0.2) is 13.2 Å². The van der Waals surface area contributed by atoms with Crippen molar-refractivity contribution in [3.05, 3.63) is 35.4 Å². The summed E-state index contributed by atoms with van der Waals surface area (Å²) in [5.41, 5.74) is 0.981. The van der Waals surface area contributed by atoms with Crippen molar-refractivity contribution in [1.29, 1.82) is 0 Å². The zero-order valence-corrected chi connectivity index (χ0v) is 10.6. The zero-order chi connectivity index (χ0) is 11.8. The lowest BCUT2D eigenvalue weighted by molar-refractivity contribution is 0.218. The molecule has 1 aromatic rings. The standard InChI is InChI=1S/C14H16ClNO/c1-17-10-5-6-12(15)14(8-10)16-13-7-9-3-2-4-11(9)13/h2,4-6,8-9,11,13,16H,3,7H2,1H3. The molecule has 0 saturated heterocycles. The van der Waals surface area contributed by atoms with Gasteiger partial charge in [0.25, 0.3) is 0 Å². The molecular formula is C14H16ClNO. The van der Waals surface area contributed by atoms with Gasteiger partial charge in [0, 0.05) is 18.0 Å². The number of hydrogen-bond acceptors (Lipinski definition) is 2. The molecule has 0 radical (unpaired) electrons. The minimum Gasteiger partial charge on any atom is -0.497 e. The molecule has 3 rings (SSSR count). The summed E-state index contributed by atoms with van der Waals surface area (Å²) in [5, 5.41) is 4.29. The fourth-order valence-electron chi connectivity index (χ4n) is 2.83. The number of rotatable bonds is 3. The second kappa shape index (κ2) is 4.26. The Labute approximate surface area is 107 Å². The highest BCUT2D eigenvalue weighted by atomic mass is 35.5. The molecule has 0 aliphatic heterocycles. The molecule has 3 unspecified atom stereocenters. The van der Waals surface area contributed by atoms with Crippen molar-refractivity contribution in [3.63, 3.8) is 0 Å². The third-order valence-corrected chi connectivity index (χ3v) is 4.21. The molecule has 1 fully saturated rings. The fraction of sp³-hybridized carbons (Fsp3) is 0.429. The first kappa shape index (κ1) is 11.0. The Morgan fingerprint density at radius 3 is 3.06 bits per heavy atom. The maximum absolute atomic E-state index is 6.19. The summed E-state index contributed by atoms with van der Waals surface area (Å²) in [6, 6.07) is 6.26. The molecule has 2 aliphatic carbocycles. The van der Waals surface area contributed by atoms with Gasteiger partial charge in [0.05, 0.1) is 17.8 Å². The van der Waals surface area contributed by atoms with Gasteiger partial charge in [-0.2, -0.15) is 0 Å². The molecule has 0 amide bonds. The van der Waals surface area contributed by atoms with Crippen molar-refractivity contribution in [2.24, 2.45) is 11.8 Å². The molecule has 1 aromatic carbocycles. The predicted octanol–water partition coefficient (Wildman–Crippen LogP) is 3.73. The summed E-state index contributed by atoms with van der Waals surface area (Å²) < 4.78 is 5.22. The quantitative estimate of drug-likeness (QED) is 0.825. The van der Waals surface area contributed by atoms with Crippen molar-refractivity contribution >= 4 is 17.3 Å². The predicted molar refractivity (Wildman–Crippen MR) is 70.8 cm³/mol. The Bertz CT molecular complexity index is 458. The van der Waals surface area contributed by atoms with Crippen molar-refractivity contribution in [2.75, 3.05) is 12.4 Å². The molecule has 1 N–H and O–H groups in total. The molecular weight excluding hydrogens is 234 g/mol. The van der Waals surface area contributed by atoms with Crippen LogP contribution < -0.4 is 10.1 Å². The number of anilines is 1. The van der Waals surface area contributed by atoms with Crippen molar-refractivity contribution in [1.82, 2.24) is 0 Å². The maximum Gasteiger partial charge on any atom is 0.121 e. The lowest BCUT2D eigenvalue weighted by atomic mass is 9.71. The van der Waals surface area contributed by atoms with Crippen molar-refractivity contribution in [2.45, 2.75) is 18.9 Å². The SMILES string of the molecule is COc1ccc(Cl)c(NC2CC3CC=CC32)c1. The van der Waals surface area contributed by atoms with E-state index in [2.05, 4.69) is 17.5 Å². The lowest BCUT2D eigenvalue weighted by Crippen LogP contribution is -2.43. The minimum absolute atomic E-state index is 0.531. The molecule has 0 aromatic heterocycles. The van der Waals surface area contributed by atoms with Crippen LogP contribution in [0.3, 0.4) is 0 Å². The number of ether oxygens (including phenoxy) is 1. The van der Waals surface area contributed by atoms with Gasteiger partial charge in [-0.1, -0.05) is 23.8 Å². The second-order valence-corrected chi connectivity index (χ2v) is 5.24. The second-order valence-electron chi connectivity index (χ2n) is 4.83. The van der Waals surface area contributed by atoms with Gasteiger partial charge in [0.2, 0.25) is 0 Å². The number of fused-ring (bicyclic) bond motifs is 1. The van der Waals surface area contributed by atoms with E-state index >= 15 is 0 Å². The monoisotopic (exact) mass is 249 g/mol. The van der Waals surface area contributed by atoms with Gasteiger partial charge in [-0.3, -0.25) is 0 Å². The first-order valence-electron chi connectivity index (χ1n) is 6.04. The van der Waals surface area contributed by atoms with Crippen LogP contribution in [0.2, 0.25) is 5.02 Å². The maximum atomic E-state index is 6.19. The Kier molecular flexibility index (Phi) is 2.75. The first-order chi connectivity index (χ1) is 8.28. The van der Waals surface area contributed by atoms with E-state index in [0.717, 1.165) is 22.4 Å². The third-order valence-electron chi connectivity index (χ3n) is 3.88. The number of methoxy groups -OCH3 is 1. The highest BCUT2D eigenvalue weighted by molar-refractivity contribution is 6.33. The summed E-state index contributed by atoms with van der Waals surface area (Å²) in [6.07, 6.45) is 7.12. The Morgan fingerprint density at radius 1 is 1.41 bits per heavy atom. The van der Waals surface area contributed by atoms with Crippen molar-refractivity contribution in [3.8, 4) is 5.75 Å². The molecule has 2 nitrogen and oxygen atoms in total. The van der Waals surface area contributed by atoms with Crippen LogP contribution in [0.15, 0.2) is 30.4 Å². The highest BCUT2D eigenvalue weighted by Gasteiger charge is 2.41. The molecule has 3 atom stereocenters. The summed E-state index contributed by atoms with van der Waals surface area (Å²) in [5.74, 6) is 2.39. The van der Waals surface area contributed by atoms with E-state index in [1.165, 1.54) is 12.8 Å². The average molecular weight is 250 g/mol. The smallest absolute Gasteiger partial charge is 0.121 e. The van der Waals surface area contributed by atoms with Gasteiger partial charge in [0.15, 0.2) is 0 Å². The number of benzene rings is 1. The van der Waals surface area contributed by atoms with E-state index < -0.39 is 0 Å². The van der Waals surface area contributed by atoms with E-state index in [0.29, 0.717) is 12.0 Å². The van der Waals surface area contributed by atoms with E-state index in [1.807, 2.05) is 18.2 Å². The lowest BCUT2D eigenvalue weighted by Gasteiger charge is -2.41. The fourth-order valence-corrected chi connectivity index (χ4v) is 3.00. The van der Waals surface area contributed by atoms with Crippen LogP contribution >= 0.6 is 11.6 Å². The molecule has 0 spiro atoms. The van der Waals surface area contributed by atoms with Crippen LogP contribution in [0.4, 0.5) is 5.69 Å². The van der Waals surface area contributed by atoms with Crippen LogP contribution in [0.5, 0.6) is 5.75 Å². The molecule has 0 bridgehead atoms. The van der Waals surface area contributed by atoms with Crippen LogP contribution in [0, 0.1) is 11.8 Å². The summed E-state index contributed by atoms with van der Waals surface area (Å²) in [6.45, 7) is 0. The average Bonchev–Trinajstić information content (AvgIpc) is 2.69. The van der Waals surface area contributed by atoms with Gasteiger partial charge in [-0.25, -0.2) is 0 Å². The van der Waals surface area contributed by atoms with Crippen LogP contribution in [-0.2, 0) is 0 Å². The van der Waals surface area contributed by atoms with E-state index in [-0.39, 0.29) is 0 Å². The summed E-state index contributed by atoms with van der Waals surface area (Å²) in [4.78, 5) is 0. The highest BCUT2D eigenvalue weighted by Crippen LogP contribution is 2.44.